The van der Waals surface area contributed by atoms with E-state index in [-0.39, 0.29) is 16.7 Å². The number of hydrogen-bond donors (Lipinski definition) is 2. The summed E-state index contributed by atoms with van der Waals surface area (Å²) >= 11 is 1.10. The fourth-order valence-electron chi connectivity index (χ4n) is 1.43. The molecule has 0 aromatic carbocycles. The van der Waals surface area contributed by atoms with Crippen molar-refractivity contribution in [2.24, 2.45) is 5.14 Å². The van der Waals surface area contributed by atoms with Gasteiger partial charge in [-0.25, -0.2) is 18.2 Å². The normalized spacial score (nSPS) is 11.4. The van der Waals surface area contributed by atoms with E-state index in [1.165, 1.54) is 17.1 Å². The highest BCUT2D eigenvalue weighted by atomic mass is 32.2. The molecule has 0 aliphatic heterocycles. The third kappa shape index (κ3) is 4.08. The lowest BCUT2D eigenvalue weighted by Gasteiger charge is -2.03. The minimum absolute atomic E-state index is 0.0415. The molecular weight excluding hydrogens is 304 g/mol. The number of primary sulfonamides is 1. The largest absolute Gasteiger partial charge is 0.354 e. The zero-order valence-electron chi connectivity index (χ0n) is 10.3. The molecule has 0 spiro atoms. The van der Waals surface area contributed by atoms with Crippen molar-refractivity contribution in [1.82, 2.24) is 25.5 Å². The van der Waals surface area contributed by atoms with Gasteiger partial charge in [0.1, 0.15) is 17.1 Å². The van der Waals surface area contributed by atoms with Gasteiger partial charge in [0, 0.05) is 11.4 Å². The summed E-state index contributed by atoms with van der Waals surface area (Å²) in [6.07, 6.45) is 1.87. The molecule has 0 aliphatic rings. The maximum atomic E-state index is 11.5. The Hall–Kier alpha value is -1.85. The van der Waals surface area contributed by atoms with E-state index in [1.807, 2.05) is 0 Å². The lowest BCUT2D eigenvalue weighted by molar-refractivity contribution is -0.121. The van der Waals surface area contributed by atoms with E-state index >= 15 is 0 Å². The molecule has 3 N–H and O–H groups in total. The van der Waals surface area contributed by atoms with E-state index in [0.717, 1.165) is 16.2 Å². The summed E-state index contributed by atoms with van der Waals surface area (Å²) < 4.78 is 23.6. The molecular formula is C9H12N6O3S2. The van der Waals surface area contributed by atoms with E-state index in [9.17, 15) is 13.2 Å². The molecule has 9 nitrogen and oxygen atoms in total. The molecule has 2 heterocycles. The standard InChI is InChI=1S/C9H12N6O3S2/c10-20(17,18)9-2-1-7(19-9)3-4-11-8(16)5-15-6-12-13-14-15/h1-2,6H,3-5H2,(H,11,16)(H2,10,17,18). The van der Waals surface area contributed by atoms with Crippen molar-refractivity contribution >= 4 is 27.3 Å². The number of carbonyl (C=O) groups excluding carboxylic acids is 1. The molecule has 2 aromatic rings. The number of thiophene rings is 1. The number of nitrogens with two attached hydrogens (primary N) is 1. The van der Waals surface area contributed by atoms with E-state index in [2.05, 4.69) is 20.8 Å². The van der Waals surface area contributed by atoms with Crippen molar-refractivity contribution < 1.29 is 13.2 Å². The van der Waals surface area contributed by atoms with Crippen LogP contribution in [0.4, 0.5) is 0 Å². The molecule has 0 saturated heterocycles. The first-order chi connectivity index (χ1) is 9.45. The van der Waals surface area contributed by atoms with Gasteiger partial charge in [0.15, 0.2) is 0 Å². The maximum absolute atomic E-state index is 11.5. The molecule has 11 heteroatoms. The van der Waals surface area contributed by atoms with Gasteiger partial charge in [-0.1, -0.05) is 0 Å². The molecule has 0 aliphatic carbocycles. The number of tetrazole rings is 1. The SMILES string of the molecule is NS(=O)(=O)c1ccc(CCNC(=O)Cn2cnnn2)s1. The van der Waals surface area contributed by atoms with Gasteiger partial charge < -0.3 is 5.32 Å². The van der Waals surface area contributed by atoms with Crippen molar-refractivity contribution in [1.29, 1.82) is 0 Å². The van der Waals surface area contributed by atoms with Gasteiger partial charge in [0.2, 0.25) is 15.9 Å². The van der Waals surface area contributed by atoms with Crippen molar-refractivity contribution in [3.63, 3.8) is 0 Å². The fraction of sp³-hybridized carbons (Fsp3) is 0.333. The van der Waals surface area contributed by atoms with E-state index in [0.29, 0.717) is 13.0 Å². The molecule has 1 amide bonds. The quantitative estimate of drug-likeness (QED) is 0.683. The molecule has 2 aromatic heterocycles. The summed E-state index contributed by atoms with van der Waals surface area (Å²) in [6.45, 7) is 0.436. The van der Waals surface area contributed by atoms with Crippen LogP contribution in [0.25, 0.3) is 0 Å². The zero-order valence-corrected chi connectivity index (χ0v) is 11.9. The summed E-state index contributed by atoms with van der Waals surface area (Å²) in [7, 11) is -3.65. The third-order valence-corrected chi connectivity index (χ3v) is 4.89. The Labute approximate surface area is 118 Å². The second kappa shape index (κ2) is 6.07. The molecule has 108 valence electrons. The van der Waals surface area contributed by atoms with Gasteiger partial charge in [-0.05, 0) is 29.0 Å². The van der Waals surface area contributed by atoms with Crippen LogP contribution in [-0.4, -0.2) is 41.1 Å². The first-order valence-electron chi connectivity index (χ1n) is 5.54. The van der Waals surface area contributed by atoms with Gasteiger partial charge in [0.05, 0.1) is 0 Å². The Balaban J connectivity index is 1.78. The summed E-state index contributed by atoms with van der Waals surface area (Å²) in [5.74, 6) is -0.222. The number of rotatable bonds is 6. The summed E-state index contributed by atoms with van der Waals surface area (Å²) in [6, 6.07) is 3.14. The average molecular weight is 316 g/mol. The first-order valence-corrected chi connectivity index (χ1v) is 7.90. The van der Waals surface area contributed by atoms with Crippen molar-refractivity contribution in [2.75, 3.05) is 6.54 Å². The topological polar surface area (TPSA) is 133 Å². The first kappa shape index (κ1) is 14.6. The lowest BCUT2D eigenvalue weighted by atomic mass is 10.3. The minimum Gasteiger partial charge on any atom is -0.354 e. The van der Waals surface area contributed by atoms with Crippen LogP contribution in [0, 0.1) is 0 Å². The summed E-state index contributed by atoms with van der Waals surface area (Å²) in [5, 5.41) is 18.1. The van der Waals surface area contributed by atoms with E-state index in [1.54, 1.807) is 6.07 Å². The van der Waals surface area contributed by atoms with Crippen LogP contribution in [0.15, 0.2) is 22.7 Å². The van der Waals surface area contributed by atoms with Crippen LogP contribution in [-0.2, 0) is 27.8 Å². The number of carbonyl (C=O) groups is 1. The zero-order chi connectivity index (χ0) is 14.6. The van der Waals surface area contributed by atoms with Crippen molar-refractivity contribution in [3.8, 4) is 0 Å². The van der Waals surface area contributed by atoms with Crippen LogP contribution in [0.2, 0.25) is 0 Å². The Morgan fingerprint density at radius 1 is 1.45 bits per heavy atom. The van der Waals surface area contributed by atoms with Crippen LogP contribution in [0.3, 0.4) is 0 Å². The van der Waals surface area contributed by atoms with E-state index < -0.39 is 10.0 Å². The summed E-state index contributed by atoms with van der Waals surface area (Å²) in [4.78, 5) is 12.4. The van der Waals surface area contributed by atoms with Crippen LogP contribution < -0.4 is 10.5 Å². The molecule has 0 unspecified atom stereocenters. The Bertz CT molecular complexity index is 678. The van der Waals surface area contributed by atoms with Gasteiger partial charge in [-0.15, -0.1) is 16.4 Å². The van der Waals surface area contributed by atoms with E-state index in [4.69, 9.17) is 5.14 Å². The summed E-state index contributed by atoms with van der Waals surface area (Å²) in [5.41, 5.74) is 0. The lowest BCUT2D eigenvalue weighted by Crippen LogP contribution is -2.29. The average Bonchev–Trinajstić information content (AvgIpc) is 2.98. The number of sulfonamides is 1. The fourth-order valence-corrected chi connectivity index (χ4v) is 3.20. The van der Waals surface area contributed by atoms with Gasteiger partial charge in [-0.3, -0.25) is 4.79 Å². The van der Waals surface area contributed by atoms with Gasteiger partial charge in [0.25, 0.3) is 0 Å². The molecule has 2 rings (SSSR count). The highest BCUT2D eigenvalue weighted by Crippen LogP contribution is 2.20. The molecule has 0 radical (unpaired) electrons. The second-order valence-electron chi connectivity index (χ2n) is 3.87. The van der Waals surface area contributed by atoms with Crippen molar-refractivity contribution in [2.45, 2.75) is 17.2 Å². The predicted octanol–water partition coefficient (Wildman–Crippen LogP) is -1.26. The molecule has 0 fully saturated rings. The molecule has 20 heavy (non-hydrogen) atoms. The molecule has 0 bridgehead atoms. The Morgan fingerprint density at radius 2 is 2.25 bits per heavy atom. The number of hydrogen-bond acceptors (Lipinski definition) is 7. The van der Waals surface area contributed by atoms with Crippen LogP contribution in [0.5, 0.6) is 0 Å². The van der Waals surface area contributed by atoms with Gasteiger partial charge in [-0.2, -0.15) is 0 Å². The molecule has 0 saturated carbocycles. The van der Waals surface area contributed by atoms with Crippen LogP contribution in [0.1, 0.15) is 4.88 Å². The molecule has 0 atom stereocenters. The Morgan fingerprint density at radius 3 is 2.85 bits per heavy atom. The Kier molecular flexibility index (Phi) is 4.42. The monoisotopic (exact) mass is 316 g/mol. The highest BCUT2D eigenvalue weighted by molar-refractivity contribution is 7.91. The number of nitrogens with zero attached hydrogens (tertiary/aromatic N) is 4. The third-order valence-electron chi connectivity index (χ3n) is 2.31. The maximum Gasteiger partial charge on any atom is 0.247 e. The minimum atomic E-state index is -3.65. The number of amides is 1. The van der Waals surface area contributed by atoms with Gasteiger partial charge >= 0.3 is 0 Å². The van der Waals surface area contributed by atoms with Crippen LogP contribution >= 0.6 is 11.3 Å². The number of nitrogens with one attached hydrogen (secondary N) is 1. The second-order valence-corrected chi connectivity index (χ2v) is 6.83. The van der Waals surface area contributed by atoms with Crippen molar-refractivity contribution in [3.05, 3.63) is 23.3 Å². The smallest absolute Gasteiger partial charge is 0.247 e. The predicted molar refractivity (Wildman–Crippen MR) is 70.2 cm³/mol. The number of aromatic nitrogens is 4. The highest BCUT2D eigenvalue weighted by Gasteiger charge is 2.11.